The van der Waals surface area contributed by atoms with Crippen LogP contribution in [0.3, 0.4) is 0 Å². The second-order valence-corrected chi connectivity index (χ2v) is 7.04. The van der Waals surface area contributed by atoms with Gasteiger partial charge in [-0.15, -0.1) is 11.8 Å². The molecule has 0 fully saturated rings. The monoisotopic (exact) mass is 357 g/mol. The number of rotatable bonds is 5. The number of thioether (sulfide) groups is 1. The molecule has 1 aliphatic rings. The summed E-state index contributed by atoms with van der Waals surface area (Å²) in [6.07, 6.45) is 0. The molecule has 0 atom stereocenters. The van der Waals surface area contributed by atoms with E-state index >= 15 is 0 Å². The number of carbonyl (C=O) groups excluding carboxylic acids is 2. The van der Waals surface area contributed by atoms with Crippen molar-refractivity contribution in [2.75, 3.05) is 5.75 Å². The van der Waals surface area contributed by atoms with Gasteiger partial charge >= 0.3 is 0 Å². The highest BCUT2D eigenvalue weighted by Crippen LogP contribution is 2.36. The standard InChI is InChI=1S/C19H16ClNO2S/c1-2-24-17-16(14-8-10-15(20)11-9-14)18(22)21(19(17)23)12-13-6-4-3-5-7-13/h3-11H,2,12H2,1H3. The Bertz CT molecular complexity index is 800. The maximum Gasteiger partial charge on any atom is 0.268 e. The molecule has 1 aliphatic heterocycles. The zero-order chi connectivity index (χ0) is 17.1. The summed E-state index contributed by atoms with van der Waals surface area (Å²) in [5, 5.41) is 0.599. The fourth-order valence-corrected chi connectivity index (χ4v) is 3.61. The van der Waals surface area contributed by atoms with Crippen LogP contribution >= 0.6 is 23.4 Å². The summed E-state index contributed by atoms with van der Waals surface area (Å²) in [4.78, 5) is 27.5. The zero-order valence-electron chi connectivity index (χ0n) is 13.2. The molecule has 0 N–H and O–H groups in total. The maximum atomic E-state index is 12.9. The van der Waals surface area contributed by atoms with Crippen LogP contribution in [-0.2, 0) is 16.1 Å². The molecule has 3 nitrogen and oxygen atoms in total. The minimum Gasteiger partial charge on any atom is -0.269 e. The van der Waals surface area contributed by atoms with Gasteiger partial charge in [-0.1, -0.05) is 61.0 Å². The van der Waals surface area contributed by atoms with Crippen molar-refractivity contribution in [2.24, 2.45) is 0 Å². The van der Waals surface area contributed by atoms with Crippen LogP contribution in [0, 0.1) is 0 Å². The molecule has 3 rings (SSSR count). The number of hydrogen-bond donors (Lipinski definition) is 0. The van der Waals surface area contributed by atoms with Crippen LogP contribution in [-0.4, -0.2) is 22.5 Å². The molecule has 0 spiro atoms. The van der Waals surface area contributed by atoms with Crippen molar-refractivity contribution in [3.8, 4) is 0 Å². The number of halogens is 1. The van der Waals surface area contributed by atoms with E-state index < -0.39 is 0 Å². The Labute approximate surface area is 150 Å². The SMILES string of the molecule is CCSC1=C(c2ccc(Cl)cc2)C(=O)N(Cc2ccccc2)C1=O. The number of benzene rings is 2. The van der Waals surface area contributed by atoms with E-state index in [1.165, 1.54) is 16.7 Å². The molecule has 24 heavy (non-hydrogen) atoms. The molecule has 2 aromatic carbocycles. The minimum atomic E-state index is -0.248. The van der Waals surface area contributed by atoms with Crippen molar-refractivity contribution in [1.82, 2.24) is 4.90 Å². The number of carbonyl (C=O) groups is 2. The van der Waals surface area contributed by atoms with E-state index in [9.17, 15) is 9.59 Å². The van der Waals surface area contributed by atoms with E-state index in [1.807, 2.05) is 37.3 Å². The fraction of sp³-hybridized carbons (Fsp3) is 0.158. The quantitative estimate of drug-likeness (QED) is 0.745. The Balaban J connectivity index is 1.97. The highest BCUT2D eigenvalue weighted by molar-refractivity contribution is 8.04. The maximum absolute atomic E-state index is 12.9. The van der Waals surface area contributed by atoms with Gasteiger partial charge in [0.2, 0.25) is 0 Å². The molecule has 122 valence electrons. The average Bonchev–Trinajstić information content (AvgIpc) is 2.82. The number of imide groups is 1. The molecule has 0 saturated carbocycles. The molecular weight excluding hydrogens is 342 g/mol. The summed E-state index contributed by atoms with van der Waals surface area (Å²) in [6, 6.07) is 16.6. The van der Waals surface area contributed by atoms with Gasteiger partial charge in [0.1, 0.15) is 0 Å². The van der Waals surface area contributed by atoms with E-state index in [4.69, 9.17) is 11.6 Å². The molecule has 0 unspecified atom stereocenters. The lowest BCUT2D eigenvalue weighted by Gasteiger charge is -2.15. The third-order valence-electron chi connectivity index (χ3n) is 3.73. The molecule has 0 aliphatic carbocycles. The zero-order valence-corrected chi connectivity index (χ0v) is 14.7. The Morgan fingerprint density at radius 3 is 2.25 bits per heavy atom. The third-order valence-corrected chi connectivity index (χ3v) is 4.94. The normalized spacial score (nSPS) is 14.7. The summed E-state index contributed by atoms with van der Waals surface area (Å²) in [5.41, 5.74) is 2.13. The summed E-state index contributed by atoms with van der Waals surface area (Å²) < 4.78 is 0. The van der Waals surface area contributed by atoms with Crippen molar-refractivity contribution in [3.63, 3.8) is 0 Å². The van der Waals surface area contributed by atoms with E-state index in [2.05, 4.69) is 0 Å². The molecular formula is C19H16ClNO2S. The van der Waals surface area contributed by atoms with Crippen LogP contribution < -0.4 is 0 Å². The van der Waals surface area contributed by atoms with Crippen LogP contribution in [0.25, 0.3) is 5.57 Å². The first-order chi connectivity index (χ1) is 11.6. The fourth-order valence-electron chi connectivity index (χ4n) is 2.61. The van der Waals surface area contributed by atoms with Crippen molar-refractivity contribution in [1.29, 1.82) is 0 Å². The van der Waals surface area contributed by atoms with Crippen LogP contribution in [0.15, 0.2) is 59.5 Å². The Morgan fingerprint density at radius 2 is 1.62 bits per heavy atom. The lowest BCUT2D eigenvalue weighted by atomic mass is 10.1. The van der Waals surface area contributed by atoms with Gasteiger partial charge < -0.3 is 0 Å². The van der Waals surface area contributed by atoms with E-state index in [0.717, 1.165) is 16.9 Å². The Morgan fingerprint density at radius 1 is 0.958 bits per heavy atom. The highest BCUT2D eigenvalue weighted by atomic mass is 35.5. The van der Waals surface area contributed by atoms with E-state index in [-0.39, 0.29) is 18.4 Å². The van der Waals surface area contributed by atoms with Crippen LogP contribution in [0.1, 0.15) is 18.1 Å². The van der Waals surface area contributed by atoms with Gasteiger partial charge in [-0.3, -0.25) is 14.5 Å². The van der Waals surface area contributed by atoms with Gasteiger partial charge in [-0.25, -0.2) is 0 Å². The van der Waals surface area contributed by atoms with E-state index in [0.29, 0.717) is 15.5 Å². The van der Waals surface area contributed by atoms with Crippen molar-refractivity contribution in [2.45, 2.75) is 13.5 Å². The number of nitrogens with zero attached hydrogens (tertiary/aromatic N) is 1. The van der Waals surface area contributed by atoms with Gasteiger partial charge in [0, 0.05) is 5.02 Å². The summed E-state index contributed by atoms with van der Waals surface area (Å²) in [7, 11) is 0. The van der Waals surface area contributed by atoms with Crippen LogP contribution in [0.2, 0.25) is 5.02 Å². The van der Waals surface area contributed by atoms with Gasteiger partial charge in [0.05, 0.1) is 17.0 Å². The smallest absolute Gasteiger partial charge is 0.268 e. The average molecular weight is 358 g/mol. The van der Waals surface area contributed by atoms with Crippen molar-refractivity contribution in [3.05, 3.63) is 75.7 Å². The summed E-state index contributed by atoms with van der Waals surface area (Å²) in [5.74, 6) is 0.257. The molecule has 0 radical (unpaired) electrons. The van der Waals surface area contributed by atoms with E-state index in [1.54, 1.807) is 24.3 Å². The first kappa shape index (κ1) is 16.8. The minimum absolute atomic E-state index is 0.222. The van der Waals surface area contributed by atoms with Crippen molar-refractivity contribution < 1.29 is 9.59 Å². The molecule has 2 aromatic rings. The Kier molecular flexibility index (Phi) is 5.07. The van der Waals surface area contributed by atoms with Gasteiger partial charge in [-0.2, -0.15) is 0 Å². The number of amides is 2. The first-order valence-electron chi connectivity index (χ1n) is 7.65. The molecule has 1 heterocycles. The lowest BCUT2D eigenvalue weighted by Crippen LogP contribution is -2.30. The van der Waals surface area contributed by atoms with Crippen LogP contribution in [0.5, 0.6) is 0 Å². The second kappa shape index (κ2) is 7.24. The first-order valence-corrected chi connectivity index (χ1v) is 9.01. The second-order valence-electron chi connectivity index (χ2n) is 5.33. The largest absolute Gasteiger partial charge is 0.269 e. The van der Waals surface area contributed by atoms with Gasteiger partial charge in [0.25, 0.3) is 11.8 Å². The molecule has 0 saturated heterocycles. The molecule has 0 aromatic heterocycles. The molecule has 5 heteroatoms. The predicted octanol–water partition coefficient (Wildman–Crippen LogP) is 4.37. The summed E-state index contributed by atoms with van der Waals surface area (Å²) in [6.45, 7) is 2.25. The molecule has 0 bridgehead atoms. The molecule has 2 amide bonds. The summed E-state index contributed by atoms with van der Waals surface area (Å²) >= 11 is 7.34. The predicted molar refractivity (Wildman–Crippen MR) is 98.5 cm³/mol. The van der Waals surface area contributed by atoms with Crippen LogP contribution in [0.4, 0.5) is 0 Å². The topological polar surface area (TPSA) is 37.4 Å². The third kappa shape index (κ3) is 3.25. The van der Waals surface area contributed by atoms with Gasteiger partial charge in [0.15, 0.2) is 0 Å². The highest BCUT2D eigenvalue weighted by Gasteiger charge is 2.38. The lowest BCUT2D eigenvalue weighted by molar-refractivity contribution is -0.137. The van der Waals surface area contributed by atoms with Crippen molar-refractivity contribution >= 4 is 40.8 Å². The Hall–Kier alpha value is -2.04. The number of hydrogen-bond acceptors (Lipinski definition) is 3. The van der Waals surface area contributed by atoms with Gasteiger partial charge in [-0.05, 0) is 29.0 Å².